The third-order valence-electron chi connectivity index (χ3n) is 4.07. The number of hydrogen-bond donors (Lipinski definition) is 3. The first-order chi connectivity index (χ1) is 13.3. The number of aliphatic carboxylic acids is 1. The topological polar surface area (TPSA) is 95.5 Å². The third kappa shape index (κ3) is 5.87. The monoisotopic (exact) mass is 390 g/mol. The molecule has 0 bridgehead atoms. The van der Waals surface area contributed by atoms with Gasteiger partial charge in [-0.05, 0) is 23.3 Å². The lowest BCUT2D eigenvalue weighted by Crippen LogP contribution is -2.52. The highest BCUT2D eigenvalue weighted by Gasteiger charge is 2.27. The molecule has 0 aromatic heterocycles. The van der Waals surface area contributed by atoms with Crippen molar-refractivity contribution in [3.8, 4) is 0 Å². The molecule has 0 radical (unpaired) electrons. The molecule has 0 fully saturated rings. The van der Waals surface area contributed by atoms with Crippen molar-refractivity contribution in [3.63, 3.8) is 0 Å². The number of carboxylic acids is 1. The number of amides is 2. The first-order valence-electron chi connectivity index (χ1n) is 8.55. The summed E-state index contributed by atoms with van der Waals surface area (Å²) in [5.74, 6) is -3.83. The average molecular weight is 390 g/mol. The molecule has 2 amide bonds. The SMILES string of the molecule is CC(=O)N[C@H](Cc1ccccc1F)C(=O)N[C@H](Cc1ccccc1F)C(=O)O. The van der Waals surface area contributed by atoms with Crippen molar-refractivity contribution in [1.29, 1.82) is 0 Å². The molecule has 8 heteroatoms. The molecule has 2 rings (SSSR count). The molecular formula is C20H20F2N2O4. The lowest BCUT2D eigenvalue weighted by Gasteiger charge is -2.21. The van der Waals surface area contributed by atoms with Crippen LogP contribution in [-0.4, -0.2) is 35.0 Å². The van der Waals surface area contributed by atoms with Gasteiger partial charge in [0.05, 0.1) is 0 Å². The van der Waals surface area contributed by atoms with Gasteiger partial charge >= 0.3 is 5.97 Å². The summed E-state index contributed by atoms with van der Waals surface area (Å²) in [5, 5.41) is 14.1. The van der Waals surface area contributed by atoms with Crippen LogP contribution >= 0.6 is 0 Å². The normalized spacial score (nSPS) is 12.7. The second kappa shape index (κ2) is 9.59. The summed E-state index contributed by atoms with van der Waals surface area (Å²) in [4.78, 5) is 35.5. The van der Waals surface area contributed by atoms with Crippen molar-refractivity contribution in [1.82, 2.24) is 10.6 Å². The molecule has 0 aliphatic heterocycles. The first kappa shape index (κ1) is 21.0. The Morgan fingerprint density at radius 1 is 0.857 bits per heavy atom. The van der Waals surface area contributed by atoms with Crippen LogP contribution in [0.15, 0.2) is 48.5 Å². The van der Waals surface area contributed by atoms with Crippen LogP contribution in [0.2, 0.25) is 0 Å². The summed E-state index contributed by atoms with van der Waals surface area (Å²) in [6, 6.07) is 8.78. The second-order valence-electron chi connectivity index (χ2n) is 6.24. The van der Waals surface area contributed by atoms with E-state index < -0.39 is 41.5 Å². The predicted molar refractivity (Wildman–Crippen MR) is 97.4 cm³/mol. The fourth-order valence-electron chi connectivity index (χ4n) is 2.69. The van der Waals surface area contributed by atoms with E-state index in [1.165, 1.54) is 43.3 Å². The van der Waals surface area contributed by atoms with E-state index in [0.29, 0.717) is 0 Å². The number of hydrogen-bond acceptors (Lipinski definition) is 3. The minimum Gasteiger partial charge on any atom is -0.480 e. The van der Waals surface area contributed by atoms with Crippen LogP contribution in [0.1, 0.15) is 18.1 Å². The van der Waals surface area contributed by atoms with Crippen molar-refractivity contribution < 1.29 is 28.3 Å². The van der Waals surface area contributed by atoms with Gasteiger partial charge < -0.3 is 15.7 Å². The van der Waals surface area contributed by atoms with E-state index in [1.54, 1.807) is 12.1 Å². The zero-order chi connectivity index (χ0) is 20.7. The van der Waals surface area contributed by atoms with Gasteiger partial charge in [0, 0.05) is 19.8 Å². The smallest absolute Gasteiger partial charge is 0.326 e. The molecule has 0 saturated heterocycles. The number of carbonyl (C=O) groups excluding carboxylic acids is 2. The molecular weight excluding hydrogens is 370 g/mol. The highest BCUT2D eigenvalue weighted by atomic mass is 19.1. The number of halogens is 2. The maximum Gasteiger partial charge on any atom is 0.326 e. The zero-order valence-electron chi connectivity index (χ0n) is 15.1. The standard InChI is InChI=1S/C20H20F2N2O4/c1-12(25)23-17(10-13-6-2-4-8-15(13)21)19(26)24-18(20(27)28)11-14-7-3-5-9-16(14)22/h2-9,17-18H,10-11H2,1H3,(H,23,25)(H,24,26)(H,27,28)/t17-,18-/m1/s1. The van der Waals surface area contributed by atoms with E-state index in [1.807, 2.05) is 0 Å². The van der Waals surface area contributed by atoms with Crippen LogP contribution in [0.4, 0.5) is 8.78 Å². The molecule has 2 aromatic carbocycles. The van der Waals surface area contributed by atoms with E-state index in [9.17, 15) is 28.3 Å². The van der Waals surface area contributed by atoms with Crippen LogP contribution in [0.25, 0.3) is 0 Å². The molecule has 148 valence electrons. The van der Waals surface area contributed by atoms with Gasteiger partial charge in [-0.3, -0.25) is 9.59 Å². The molecule has 28 heavy (non-hydrogen) atoms. The Morgan fingerprint density at radius 2 is 1.32 bits per heavy atom. The van der Waals surface area contributed by atoms with Crippen LogP contribution in [0.5, 0.6) is 0 Å². The summed E-state index contributed by atoms with van der Waals surface area (Å²) in [7, 11) is 0. The largest absolute Gasteiger partial charge is 0.480 e. The molecule has 0 saturated carbocycles. The number of rotatable bonds is 8. The van der Waals surface area contributed by atoms with Crippen molar-refractivity contribution in [3.05, 3.63) is 71.3 Å². The zero-order valence-corrected chi connectivity index (χ0v) is 15.1. The molecule has 6 nitrogen and oxygen atoms in total. The van der Waals surface area contributed by atoms with E-state index in [0.717, 1.165) is 0 Å². The molecule has 0 aliphatic rings. The Labute approximate surface area is 160 Å². The predicted octanol–water partition coefficient (Wildman–Crippen LogP) is 1.82. The quantitative estimate of drug-likeness (QED) is 0.641. The van der Waals surface area contributed by atoms with Crippen LogP contribution in [-0.2, 0) is 27.2 Å². The van der Waals surface area contributed by atoms with Crippen molar-refractivity contribution in [2.45, 2.75) is 31.8 Å². The molecule has 2 aromatic rings. The lowest BCUT2D eigenvalue weighted by molar-refractivity contribution is -0.142. The highest BCUT2D eigenvalue weighted by molar-refractivity contribution is 5.90. The Morgan fingerprint density at radius 3 is 1.75 bits per heavy atom. The van der Waals surface area contributed by atoms with E-state index in [2.05, 4.69) is 10.6 Å². The molecule has 0 unspecified atom stereocenters. The van der Waals surface area contributed by atoms with Gasteiger partial charge in [0.1, 0.15) is 23.7 Å². The van der Waals surface area contributed by atoms with Gasteiger partial charge in [0.25, 0.3) is 0 Å². The number of benzene rings is 2. The van der Waals surface area contributed by atoms with Crippen molar-refractivity contribution in [2.24, 2.45) is 0 Å². The Hall–Kier alpha value is -3.29. The van der Waals surface area contributed by atoms with E-state index >= 15 is 0 Å². The Bertz CT molecular complexity index is 873. The van der Waals surface area contributed by atoms with Gasteiger partial charge in [-0.1, -0.05) is 36.4 Å². The Balaban J connectivity index is 2.17. The fraction of sp³-hybridized carbons (Fsp3) is 0.250. The molecule has 0 spiro atoms. The average Bonchev–Trinajstić information content (AvgIpc) is 2.63. The lowest BCUT2D eigenvalue weighted by atomic mass is 10.0. The van der Waals surface area contributed by atoms with Crippen LogP contribution < -0.4 is 10.6 Å². The van der Waals surface area contributed by atoms with E-state index in [4.69, 9.17) is 0 Å². The van der Waals surface area contributed by atoms with Crippen molar-refractivity contribution in [2.75, 3.05) is 0 Å². The minimum absolute atomic E-state index is 0.125. The summed E-state index contributed by atoms with van der Waals surface area (Å²) in [6.45, 7) is 1.19. The van der Waals surface area contributed by atoms with E-state index in [-0.39, 0.29) is 24.0 Å². The van der Waals surface area contributed by atoms with Gasteiger partial charge in [-0.15, -0.1) is 0 Å². The van der Waals surface area contributed by atoms with Crippen LogP contribution in [0, 0.1) is 11.6 Å². The van der Waals surface area contributed by atoms with Gasteiger partial charge in [-0.25, -0.2) is 13.6 Å². The summed E-state index contributed by atoms with van der Waals surface area (Å²) < 4.78 is 27.7. The number of carboxylic acid groups (broad SMARTS) is 1. The summed E-state index contributed by atoms with van der Waals surface area (Å²) in [6.07, 6.45) is -0.440. The highest BCUT2D eigenvalue weighted by Crippen LogP contribution is 2.12. The minimum atomic E-state index is -1.42. The molecule has 3 N–H and O–H groups in total. The van der Waals surface area contributed by atoms with Crippen molar-refractivity contribution >= 4 is 17.8 Å². The summed E-state index contributed by atoms with van der Waals surface area (Å²) in [5.41, 5.74) is 0.317. The number of nitrogens with one attached hydrogen (secondary N) is 2. The maximum absolute atomic E-state index is 13.9. The second-order valence-corrected chi connectivity index (χ2v) is 6.24. The third-order valence-corrected chi connectivity index (χ3v) is 4.07. The molecule has 2 atom stereocenters. The molecule has 0 heterocycles. The maximum atomic E-state index is 13.9. The summed E-state index contributed by atoms with van der Waals surface area (Å²) >= 11 is 0. The van der Waals surface area contributed by atoms with Crippen LogP contribution in [0.3, 0.4) is 0 Å². The van der Waals surface area contributed by atoms with Gasteiger partial charge in [-0.2, -0.15) is 0 Å². The first-order valence-corrected chi connectivity index (χ1v) is 8.55. The van der Waals surface area contributed by atoms with Gasteiger partial charge in [0.15, 0.2) is 0 Å². The number of carbonyl (C=O) groups is 3. The fourth-order valence-corrected chi connectivity index (χ4v) is 2.69. The van der Waals surface area contributed by atoms with Gasteiger partial charge in [0.2, 0.25) is 11.8 Å². The molecule has 0 aliphatic carbocycles. The Kier molecular flexibility index (Phi) is 7.20.